The van der Waals surface area contributed by atoms with Gasteiger partial charge in [0.1, 0.15) is 0 Å². The van der Waals surface area contributed by atoms with Crippen LogP contribution < -0.4 is 0 Å². The summed E-state index contributed by atoms with van der Waals surface area (Å²) in [6, 6.07) is 12.1. The molecule has 0 radical (unpaired) electrons. The lowest BCUT2D eigenvalue weighted by atomic mass is 9.92. The van der Waals surface area contributed by atoms with Gasteiger partial charge in [-0.3, -0.25) is 4.79 Å². The first-order chi connectivity index (χ1) is 12.4. The van der Waals surface area contributed by atoms with Crippen LogP contribution in [0.3, 0.4) is 0 Å². The number of fused-ring (bicyclic) bond motifs is 1. The first-order valence-electron chi connectivity index (χ1n) is 9.90. The Morgan fingerprint density at radius 2 is 1.65 bits per heavy atom. The lowest BCUT2D eigenvalue weighted by molar-refractivity contribution is 0.0638. The van der Waals surface area contributed by atoms with E-state index in [0.717, 1.165) is 35.6 Å². The summed E-state index contributed by atoms with van der Waals surface area (Å²) in [6.07, 6.45) is 3.26. The lowest BCUT2D eigenvalue weighted by Crippen LogP contribution is -2.42. The molecular formula is C23H33NO2. The summed E-state index contributed by atoms with van der Waals surface area (Å²) in [5.41, 5.74) is 1.42. The average molecular weight is 356 g/mol. The number of benzene rings is 2. The Morgan fingerprint density at radius 3 is 2.27 bits per heavy atom. The molecule has 2 aromatic carbocycles. The van der Waals surface area contributed by atoms with Gasteiger partial charge in [0.2, 0.25) is 0 Å². The van der Waals surface area contributed by atoms with Gasteiger partial charge in [0, 0.05) is 12.1 Å². The summed E-state index contributed by atoms with van der Waals surface area (Å²) in [7, 11) is 0. The molecule has 3 heteroatoms. The number of unbranched alkanes of at least 4 members (excludes halogenated alkanes) is 2. The highest BCUT2D eigenvalue weighted by molar-refractivity contribution is 6.08. The number of aliphatic hydroxyl groups excluding tert-OH is 1. The van der Waals surface area contributed by atoms with E-state index < -0.39 is 6.10 Å². The van der Waals surface area contributed by atoms with Crippen molar-refractivity contribution in [3.63, 3.8) is 0 Å². The molecule has 1 N–H and O–H groups in total. The van der Waals surface area contributed by atoms with Crippen LogP contribution in [0.4, 0.5) is 0 Å². The third-order valence-electron chi connectivity index (χ3n) is 4.96. The van der Waals surface area contributed by atoms with Crippen LogP contribution in [0.25, 0.3) is 10.8 Å². The quantitative estimate of drug-likeness (QED) is 0.616. The maximum atomic E-state index is 13.5. The zero-order chi connectivity index (χ0) is 19.3. The van der Waals surface area contributed by atoms with Crippen molar-refractivity contribution in [2.24, 2.45) is 0 Å². The standard InChI is InChI=1S/C23H33NO2/c1-6-7-8-13-21(25)20-15-14-18-11-9-10-12-19(18)22(20)23(26)24(16(2)3)17(4)5/h9-12,14-17,21,25H,6-8,13H2,1-5H3/t21-/m1/s1. The van der Waals surface area contributed by atoms with Crippen molar-refractivity contribution >= 4 is 16.7 Å². The second kappa shape index (κ2) is 9.18. The van der Waals surface area contributed by atoms with E-state index in [1.165, 1.54) is 0 Å². The molecular weight excluding hydrogens is 322 g/mol. The van der Waals surface area contributed by atoms with Gasteiger partial charge in [-0.25, -0.2) is 0 Å². The third kappa shape index (κ3) is 4.45. The molecule has 3 nitrogen and oxygen atoms in total. The largest absolute Gasteiger partial charge is 0.388 e. The molecule has 142 valence electrons. The molecule has 0 heterocycles. The molecule has 0 aromatic heterocycles. The van der Waals surface area contributed by atoms with E-state index in [2.05, 4.69) is 6.92 Å². The summed E-state index contributed by atoms with van der Waals surface area (Å²) in [6.45, 7) is 10.3. The topological polar surface area (TPSA) is 40.5 Å². The van der Waals surface area contributed by atoms with Crippen LogP contribution in [0.2, 0.25) is 0 Å². The Morgan fingerprint density at radius 1 is 1.00 bits per heavy atom. The predicted molar refractivity (Wildman–Crippen MR) is 109 cm³/mol. The molecule has 0 aliphatic carbocycles. The second-order valence-electron chi connectivity index (χ2n) is 7.66. The van der Waals surface area contributed by atoms with E-state index in [0.29, 0.717) is 12.0 Å². The fourth-order valence-corrected chi connectivity index (χ4v) is 3.74. The van der Waals surface area contributed by atoms with Gasteiger partial charge in [-0.2, -0.15) is 0 Å². The molecule has 2 rings (SSSR count). The monoisotopic (exact) mass is 355 g/mol. The zero-order valence-corrected chi connectivity index (χ0v) is 16.8. The first-order valence-corrected chi connectivity index (χ1v) is 9.90. The minimum Gasteiger partial charge on any atom is -0.388 e. The summed E-state index contributed by atoms with van der Waals surface area (Å²) in [5.74, 6) is 0.0105. The van der Waals surface area contributed by atoms with Crippen LogP contribution in [-0.4, -0.2) is 28.0 Å². The lowest BCUT2D eigenvalue weighted by Gasteiger charge is -2.32. The molecule has 0 bridgehead atoms. The van der Waals surface area contributed by atoms with Crippen molar-refractivity contribution in [2.75, 3.05) is 0 Å². The summed E-state index contributed by atoms with van der Waals surface area (Å²) in [5, 5.41) is 12.8. The Kier molecular flexibility index (Phi) is 7.22. The van der Waals surface area contributed by atoms with E-state index in [9.17, 15) is 9.90 Å². The molecule has 0 spiro atoms. The van der Waals surface area contributed by atoms with Crippen LogP contribution in [0.5, 0.6) is 0 Å². The van der Waals surface area contributed by atoms with Gasteiger partial charge >= 0.3 is 0 Å². The zero-order valence-electron chi connectivity index (χ0n) is 16.8. The highest BCUT2D eigenvalue weighted by atomic mass is 16.3. The van der Waals surface area contributed by atoms with E-state index in [-0.39, 0.29) is 18.0 Å². The highest BCUT2D eigenvalue weighted by Crippen LogP contribution is 2.31. The number of rotatable bonds is 8. The second-order valence-corrected chi connectivity index (χ2v) is 7.66. The van der Waals surface area contributed by atoms with E-state index in [1.54, 1.807) is 0 Å². The minimum atomic E-state index is -0.605. The Balaban J connectivity index is 2.56. The first kappa shape index (κ1) is 20.4. The van der Waals surface area contributed by atoms with Gasteiger partial charge < -0.3 is 10.0 Å². The fraction of sp³-hybridized carbons (Fsp3) is 0.522. The maximum absolute atomic E-state index is 13.5. The van der Waals surface area contributed by atoms with Crippen molar-refractivity contribution in [1.29, 1.82) is 0 Å². The Labute approximate surface area is 158 Å². The third-order valence-corrected chi connectivity index (χ3v) is 4.96. The van der Waals surface area contributed by atoms with Gasteiger partial charge in [0.05, 0.1) is 11.7 Å². The molecule has 0 fully saturated rings. The van der Waals surface area contributed by atoms with Crippen molar-refractivity contribution in [2.45, 2.75) is 78.5 Å². The normalized spacial score (nSPS) is 12.8. The number of carbonyl (C=O) groups excluding carboxylic acids is 1. The van der Waals surface area contributed by atoms with Crippen molar-refractivity contribution in [3.05, 3.63) is 47.5 Å². The van der Waals surface area contributed by atoms with Crippen LogP contribution in [-0.2, 0) is 0 Å². The molecule has 2 aromatic rings. The predicted octanol–water partition coefficient (Wildman–Crippen LogP) is 5.71. The van der Waals surface area contributed by atoms with Crippen molar-refractivity contribution < 1.29 is 9.90 Å². The highest BCUT2D eigenvalue weighted by Gasteiger charge is 2.27. The SMILES string of the molecule is CCCCC[C@@H](O)c1ccc2ccccc2c1C(=O)N(C(C)C)C(C)C. The number of aliphatic hydroxyl groups is 1. The van der Waals surface area contributed by atoms with E-state index in [4.69, 9.17) is 0 Å². The number of carbonyl (C=O) groups is 1. The molecule has 0 unspecified atom stereocenters. The number of amides is 1. The van der Waals surface area contributed by atoms with Crippen LogP contribution in [0.1, 0.15) is 82.3 Å². The smallest absolute Gasteiger partial charge is 0.255 e. The van der Waals surface area contributed by atoms with Crippen molar-refractivity contribution in [3.8, 4) is 0 Å². The number of hydrogen-bond acceptors (Lipinski definition) is 2. The molecule has 1 atom stereocenters. The maximum Gasteiger partial charge on any atom is 0.255 e. The number of hydrogen-bond donors (Lipinski definition) is 1. The average Bonchev–Trinajstić information content (AvgIpc) is 2.60. The molecule has 0 saturated carbocycles. The van der Waals surface area contributed by atoms with Crippen LogP contribution in [0, 0.1) is 0 Å². The van der Waals surface area contributed by atoms with Crippen LogP contribution in [0.15, 0.2) is 36.4 Å². The molecule has 0 saturated heterocycles. The fourth-order valence-electron chi connectivity index (χ4n) is 3.74. The molecule has 26 heavy (non-hydrogen) atoms. The number of nitrogens with zero attached hydrogens (tertiary/aromatic N) is 1. The van der Waals surface area contributed by atoms with Gasteiger partial charge in [0.15, 0.2) is 0 Å². The van der Waals surface area contributed by atoms with Gasteiger partial charge in [0.25, 0.3) is 5.91 Å². The summed E-state index contributed by atoms with van der Waals surface area (Å²) >= 11 is 0. The minimum absolute atomic E-state index is 0.0105. The summed E-state index contributed by atoms with van der Waals surface area (Å²) < 4.78 is 0. The van der Waals surface area contributed by atoms with E-state index >= 15 is 0 Å². The van der Waals surface area contributed by atoms with E-state index in [1.807, 2.05) is 69.0 Å². The van der Waals surface area contributed by atoms with Crippen LogP contribution >= 0.6 is 0 Å². The van der Waals surface area contributed by atoms with Crippen molar-refractivity contribution in [1.82, 2.24) is 4.90 Å². The summed E-state index contributed by atoms with van der Waals surface area (Å²) in [4.78, 5) is 15.4. The Hall–Kier alpha value is -1.87. The van der Waals surface area contributed by atoms with Gasteiger partial charge in [-0.05, 0) is 50.5 Å². The van der Waals surface area contributed by atoms with Gasteiger partial charge in [-0.15, -0.1) is 0 Å². The Bertz CT molecular complexity index is 728. The van der Waals surface area contributed by atoms with Gasteiger partial charge in [-0.1, -0.05) is 62.6 Å². The molecule has 0 aliphatic rings. The molecule has 0 aliphatic heterocycles. The molecule has 1 amide bonds.